The molecule has 0 bridgehead atoms. The fourth-order valence-corrected chi connectivity index (χ4v) is 3.17. The van der Waals surface area contributed by atoms with Gasteiger partial charge in [0.15, 0.2) is 0 Å². The number of esters is 1. The van der Waals surface area contributed by atoms with Gasteiger partial charge >= 0.3 is 5.97 Å². The molecule has 2 rings (SSSR count). The smallest absolute Gasteiger partial charge is 0.309 e. The maximum atomic E-state index is 12.5. The molecule has 2 N–H and O–H groups in total. The van der Waals surface area contributed by atoms with Crippen LogP contribution in [0.5, 0.6) is 5.75 Å². The van der Waals surface area contributed by atoms with Crippen LogP contribution in [0.2, 0.25) is 0 Å². The molecule has 8 nitrogen and oxygen atoms in total. The first-order chi connectivity index (χ1) is 15.4. The van der Waals surface area contributed by atoms with E-state index in [4.69, 9.17) is 9.47 Å². The zero-order valence-corrected chi connectivity index (χ0v) is 19.0. The van der Waals surface area contributed by atoms with E-state index in [0.717, 1.165) is 6.54 Å². The van der Waals surface area contributed by atoms with E-state index in [1.54, 1.807) is 50.4 Å². The molecule has 1 atom stereocenters. The highest BCUT2D eigenvalue weighted by Gasteiger charge is 2.17. The van der Waals surface area contributed by atoms with E-state index in [2.05, 4.69) is 10.6 Å². The number of hydrogen-bond donors (Lipinski definition) is 2. The Labute approximate surface area is 188 Å². The zero-order chi connectivity index (χ0) is 23.5. The first-order valence-electron chi connectivity index (χ1n) is 10.5. The number of para-hydroxylation sites is 2. The molecule has 8 heteroatoms. The lowest BCUT2D eigenvalue weighted by Crippen LogP contribution is -2.34. The molecule has 0 saturated heterocycles. The summed E-state index contributed by atoms with van der Waals surface area (Å²) in [6.45, 7) is 5.58. The van der Waals surface area contributed by atoms with Crippen molar-refractivity contribution in [3.63, 3.8) is 0 Å². The van der Waals surface area contributed by atoms with Crippen LogP contribution in [0.3, 0.4) is 0 Å². The molecule has 0 aliphatic rings. The maximum Gasteiger partial charge on any atom is 0.309 e. The minimum atomic E-state index is -0.273. The molecule has 2 aromatic rings. The normalized spacial score (nSPS) is 11.5. The van der Waals surface area contributed by atoms with Crippen LogP contribution in [0.1, 0.15) is 30.6 Å². The molecule has 0 aliphatic heterocycles. The molecule has 1 unspecified atom stereocenters. The first kappa shape index (κ1) is 24.9. The number of benzene rings is 2. The van der Waals surface area contributed by atoms with Gasteiger partial charge < -0.3 is 25.0 Å². The van der Waals surface area contributed by atoms with Gasteiger partial charge in [0.05, 0.1) is 25.8 Å². The standard InChI is InChI=1S/C24H31N3O5/c1-5-27(16-17(2)24(30)32-4)15-14-22(28)25-19-12-10-18(11-13-19)23(29)26-20-8-6-7-9-21(20)31-3/h6-13,17H,5,14-16H2,1-4H3,(H,25,28)(H,26,29). The molecule has 0 aromatic heterocycles. The Kier molecular flexibility index (Phi) is 9.69. The Morgan fingerprint density at radius 3 is 2.31 bits per heavy atom. The predicted molar refractivity (Wildman–Crippen MR) is 124 cm³/mol. The van der Waals surface area contributed by atoms with Gasteiger partial charge in [-0.1, -0.05) is 26.0 Å². The minimum Gasteiger partial charge on any atom is -0.495 e. The fourth-order valence-electron chi connectivity index (χ4n) is 3.17. The summed E-state index contributed by atoms with van der Waals surface area (Å²) in [4.78, 5) is 38.4. The fraction of sp³-hybridized carbons (Fsp3) is 0.375. The van der Waals surface area contributed by atoms with Crippen molar-refractivity contribution < 1.29 is 23.9 Å². The summed E-state index contributed by atoms with van der Waals surface area (Å²) in [5.74, 6) is -0.349. The van der Waals surface area contributed by atoms with Gasteiger partial charge in [-0.3, -0.25) is 14.4 Å². The van der Waals surface area contributed by atoms with E-state index >= 15 is 0 Å². The molecule has 2 amide bonds. The Morgan fingerprint density at radius 2 is 1.69 bits per heavy atom. The molecule has 0 saturated carbocycles. The van der Waals surface area contributed by atoms with E-state index in [9.17, 15) is 14.4 Å². The van der Waals surface area contributed by atoms with Gasteiger partial charge in [-0.2, -0.15) is 0 Å². The number of nitrogens with one attached hydrogen (secondary N) is 2. The Morgan fingerprint density at radius 1 is 1.00 bits per heavy atom. The molecular weight excluding hydrogens is 410 g/mol. The summed E-state index contributed by atoms with van der Waals surface area (Å²) in [7, 11) is 2.91. The van der Waals surface area contributed by atoms with Gasteiger partial charge in [-0.25, -0.2) is 0 Å². The highest BCUT2D eigenvalue weighted by Crippen LogP contribution is 2.23. The monoisotopic (exact) mass is 441 g/mol. The van der Waals surface area contributed by atoms with Crippen molar-refractivity contribution in [2.75, 3.05) is 44.5 Å². The second-order valence-corrected chi connectivity index (χ2v) is 7.35. The molecule has 172 valence electrons. The number of carbonyl (C=O) groups is 3. The number of hydrogen-bond acceptors (Lipinski definition) is 6. The average molecular weight is 442 g/mol. The molecule has 32 heavy (non-hydrogen) atoms. The Hall–Kier alpha value is -3.39. The predicted octanol–water partition coefficient (Wildman–Crippen LogP) is 3.41. The SMILES string of the molecule is CCN(CCC(=O)Nc1ccc(C(=O)Nc2ccccc2OC)cc1)CC(C)C(=O)OC. The van der Waals surface area contributed by atoms with Crippen molar-refractivity contribution in [3.8, 4) is 5.75 Å². The van der Waals surface area contributed by atoms with Gasteiger partial charge in [0.2, 0.25) is 5.91 Å². The zero-order valence-electron chi connectivity index (χ0n) is 19.0. The van der Waals surface area contributed by atoms with Crippen LogP contribution in [-0.2, 0) is 14.3 Å². The van der Waals surface area contributed by atoms with Crippen LogP contribution in [0, 0.1) is 5.92 Å². The van der Waals surface area contributed by atoms with Crippen molar-refractivity contribution in [1.29, 1.82) is 0 Å². The summed E-state index contributed by atoms with van der Waals surface area (Å²) in [5.41, 5.74) is 1.65. The quantitative estimate of drug-likeness (QED) is 0.519. The average Bonchev–Trinajstić information content (AvgIpc) is 2.81. The van der Waals surface area contributed by atoms with E-state index < -0.39 is 0 Å². The number of carbonyl (C=O) groups excluding carboxylic acids is 3. The number of anilines is 2. The van der Waals surface area contributed by atoms with Crippen LogP contribution in [0.4, 0.5) is 11.4 Å². The summed E-state index contributed by atoms with van der Waals surface area (Å²) < 4.78 is 10.00. The van der Waals surface area contributed by atoms with E-state index in [1.807, 2.05) is 24.0 Å². The van der Waals surface area contributed by atoms with E-state index in [-0.39, 0.29) is 30.1 Å². The molecule has 0 heterocycles. The Bertz CT molecular complexity index is 914. The summed E-state index contributed by atoms with van der Waals surface area (Å²) in [6.07, 6.45) is 0.289. The molecule has 0 spiro atoms. The number of nitrogens with zero attached hydrogens (tertiary/aromatic N) is 1. The number of methoxy groups -OCH3 is 2. The third-order valence-corrected chi connectivity index (χ3v) is 5.02. The summed E-state index contributed by atoms with van der Waals surface area (Å²) in [5, 5.41) is 5.65. The second-order valence-electron chi connectivity index (χ2n) is 7.35. The molecule has 2 aromatic carbocycles. The first-order valence-corrected chi connectivity index (χ1v) is 10.5. The van der Waals surface area contributed by atoms with Crippen molar-refractivity contribution in [2.45, 2.75) is 20.3 Å². The third-order valence-electron chi connectivity index (χ3n) is 5.02. The lowest BCUT2D eigenvalue weighted by atomic mass is 10.1. The minimum absolute atomic E-state index is 0.139. The van der Waals surface area contributed by atoms with Crippen LogP contribution < -0.4 is 15.4 Å². The number of ether oxygens (including phenoxy) is 2. The molecular formula is C24H31N3O5. The van der Waals surface area contributed by atoms with Crippen LogP contribution in [-0.4, -0.2) is 56.5 Å². The highest BCUT2D eigenvalue weighted by molar-refractivity contribution is 6.05. The van der Waals surface area contributed by atoms with E-state index in [1.165, 1.54) is 7.11 Å². The largest absolute Gasteiger partial charge is 0.495 e. The number of amides is 2. The summed E-state index contributed by atoms with van der Waals surface area (Å²) >= 11 is 0. The number of rotatable bonds is 11. The second kappa shape index (κ2) is 12.5. The third kappa shape index (κ3) is 7.39. The highest BCUT2D eigenvalue weighted by atomic mass is 16.5. The van der Waals surface area contributed by atoms with Gasteiger partial charge in [-0.15, -0.1) is 0 Å². The lowest BCUT2D eigenvalue weighted by Gasteiger charge is -2.22. The maximum absolute atomic E-state index is 12.5. The topological polar surface area (TPSA) is 97.0 Å². The van der Waals surface area contributed by atoms with Crippen LogP contribution in [0.15, 0.2) is 48.5 Å². The molecule has 0 fully saturated rings. The van der Waals surface area contributed by atoms with Crippen LogP contribution in [0.25, 0.3) is 0 Å². The van der Waals surface area contributed by atoms with Crippen LogP contribution >= 0.6 is 0 Å². The van der Waals surface area contributed by atoms with Gasteiger partial charge in [0, 0.05) is 30.8 Å². The van der Waals surface area contributed by atoms with Gasteiger partial charge in [-0.05, 0) is 42.9 Å². The van der Waals surface area contributed by atoms with Gasteiger partial charge in [0.25, 0.3) is 5.91 Å². The van der Waals surface area contributed by atoms with Crippen molar-refractivity contribution in [2.24, 2.45) is 5.92 Å². The lowest BCUT2D eigenvalue weighted by molar-refractivity contribution is -0.145. The van der Waals surface area contributed by atoms with E-state index in [0.29, 0.717) is 35.8 Å². The molecule has 0 aliphatic carbocycles. The van der Waals surface area contributed by atoms with Crippen molar-refractivity contribution >= 4 is 29.2 Å². The van der Waals surface area contributed by atoms with Crippen molar-refractivity contribution in [3.05, 3.63) is 54.1 Å². The van der Waals surface area contributed by atoms with Gasteiger partial charge in [0.1, 0.15) is 5.75 Å². The van der Waals surface area contributed by atoms with Crippen molar-refractivity contribution in [1.82, 2.24) is 4.90 Å². The summed E-state index contributed by atoms with van der Waals surface area (Å²) in [6, 6.07) is 13.8. The molecule has 0 radical (unpaired) electrons. The Balaban J connectivity index is 1.86.